The number of nitrogens with zero attached hydrogens (tertiary/aromatic N) is 3. The molecule has 3 aromatic rings. The van der Waals surface area contributed by atoms with E-state index in [0.717, 1.165) is 41.5 Å². The summed E-state index contributed by atoms with van der Waals surface area (Å²) in [6.45, 7) is 3.34. The zero-order valence-corrected chi connectivity index (χ0v) is 20.0. The van der Waals surface area contributed by atoms with Gasteiger partial charge in [-0.15, -0.1) is 11.3 Å². The van der Waals surface area contributed by atoms with E-state index in [9.17, 15) is 22.8 Å². The van der Waals surface area contributed by atoms with Crippen LogP contribution in [0.4, 0.5) is 18.9 Å². The quantitative estimate of drug-likeness (QED) is 0.495. The van der Waals surface area contributed by atoms with Crippen molar-refractivity contribution < 1.29 is 22.8 Å². The predicted octanol–water partition coefficient (Wildman–Crippen LogP) is 5.32. The number of piperidine rings is 1. The minimum absolute atomic E-state index is 0.0520. The molecule has 1 saturated heterocycles. The molecule has 1 fully saturated rings. The summed E-state index contributed by atoms with van der Waals surface area (Å²) in [6, 6.07) is 11.0. The Bertz CT molecular complexity index is 1190. The summed E-state index contributed by atoms with van der Waals surface area (Å²) in [5.41, 5.74) is 3.30. The molecule has 1 aliphatic heterocycles. The summed E-state index contributed by atoms with van der Waals surface area (Å²) in [5, 5.41) is 2.71. The Morgan fingerprint density at radius 1 is 1.11 bits per heavy atom. The van der Waals surface area contributed by atoms with Crippen molar-refractivity contribution in [1.29, 1.82) is 0 Å². The lowest BCUT2D eigenvalue weighted by molar-refractivity contribution is -0.141. The number of aryl methyl sites for hydroxylation is 1. The first-order chi connectivity index (χ1) is 16.7. The Morgan fingerprint density at radius 2 is 1.83 bits per heavy atom. The molecule has 0 bridgehead atoms. The van der Waals surface area contributed by atoms with E-state index in [0.29, 0.717) is 24.7 Å². The van der Waals surface area contributed by atoms with Gasteiger partial charge in [-0.2, -0.15) is 13.2 Å². The highest BCUT2D eigenvalue weighted by molar-refractivity contribution is 7.11. The van der Waals surface area contributed by atoms with Crippen LogP contribution in [0.1, 0.15) is 58.0 Å². The highest BCUT2D eigenvalue weighted by atomic mass is 32.1. The minimum Gasteiger partial charge on any atom is -0.338 e. The number of carbonyl (C=O) groups is 2. The maximum Gasteiger partial charge on any atom is 0.433 e. The molecule has 1 aromatic carbocycles. The second-order valence-electron chi connectivity index (χ2n) is 8.41. The Labute approximate surface area is 205 Å². The Hall–Kier alpha value is -3.27. The summed E-state index contributed by atoms with van der Waals surface area (Å²) in [6.07, 6.45) is -2.37. The third kappa shape index (κ3) is 6.05. The number of pyridine rings is 1. The Morgan fingerprint density at radius 3 is 2.49 bits per heavy atom. The third-order valence-electron chi connectivity index (χ3n) is 6.06. The highest BCUT2D eigenvalue weighted by Gasteiger charge is 2.32. The fourth-order valence-electron chi connectivity index (χ4n) is 4.20. The number of nitrogens with one attached hydrogen (secondary N) is 1. The average Bonchev–Trinajstić information content (AvgIpc) is 3.33. The molecule has 184 valence electrons. The summed E-state index contributed by atoms with van der Waals surface area (Å²) in [4.78, 5) is 35.5. The van der Waals surface area contributed by atoms with Crippen LogP contribution in [0.3, 0.4) is 0 Å². The van der Waals surface area contributed by atoms with Crippen LogP contribution < -0.4 is 5.32 Å². The van der Waals surface area contributed by atoms with Crippen molar-refractivity contribution in [3.8, 4) is 0 Å². The zero-order valence-electron chi connectivity index (χ0n) is 19.1. The summed E-state index contributed by atoms with van der Waals surface area (Å²) < 4.78 is 38.4. The van der Waals surface area contributed by atoms with Crippen LogP contribution >= 0.6 is 11.3 Å². The number of alkyl halides is 3. The monoisotopic (exact) mass is 502 g/mol. The largest absolute Gasteiger partial charge is 0.433 e. The maximum absolute atomic E-state index is 12.8. The first-order valence-electron chi connectivity index (χ1n) is 11.4. The van der Waals surface area contributed by atoms with Crippen LogP contribution in [0.5, 0.6) is 0 Å². The van der Waals surface area contributed by atoms with E-state index < -0.39 is 17.8 Å². The Kier molecular flexibility index (Phi) is 7.49. The number of likely N-dealkylation sites (tertiary alicyclic amines) is 1. The van der Waals surface area contributed by atoms with Gasteiger partial charge in [0.25, 0.3) is 5.91 Å². The number of hydrogen-bond donors (Lipinski definition) is 1. The van der Waals surface area contributed by atoms with Gasteiger partial charge in [-0.3, -0.25) is 9.59 Å². The standard InChI is InChI=1S/C25H25F3N4O2S/c1-2-20-23(35-15-29-20)24(34)32-12-10-17(11-13-32)16-6-8-18(9-7-16)31-22(33)14-19-4-3-5-21(30-19)25(26,27)28/h3-9,15,17H,2,10-14H2,1H3,(H,31,33). The molecule has 0 radical (unpaired) electrons. The Balaban J connectivity index is 1.30. The first kappa shape index (κ1) is 24.8. The lowest BCUT2D eigenvalue weighted by Gasteiger charge is -2.32. The van der Waals surface area contributed by atoms with Crippen LogP contribution in [0, 0.1) is 0 Å². The molecular weight excluding hydrogens is 477 g/mol. The lowest BCUT2D eigenvalue weighted by atomic mass is 9.89. The van der Waals surface area contributed by atoms with E-state index in [1.807, 2.05) is 24.0 Å². The van der Waals surface area contributed by atoms with E-state index in [4.69, 9.17) is 0 Å². The molecule has 0 spiro atoms. The predicted molar refractivity (Wildman–Crippen MR) is 127 cm³/mol. The van der Waals surface area contributed by atoms with Gasteiger partial charge in [0.15, 0.2) is 0 Å². The van der Waals surface area contributed by atoms with Crippen LogP contribution in [-0.2, 0) is 23.8 Å². The fraction of sp³-hybridized carbons (Fsp3) is 0.360. The van der Waals surface area contributed by atoms with Gasteiger partial charge in [0.2, 0.25) is 5.91 Å². The molecular formula is C25H25F3N4O2S. The molecule has 2 amide bonds. The number of thiazole rings is 1. The smallest absolute Gasteiger partial charge is 0.338 e. The number of halogens is 3. The van der Waals surface area contributed by atoms with Crippen molar-refractivity contribution in [3.05, 3.63) is 75.5 Å². The van der Waals surface area contributed by atoms with Crippen LogP contribution in [0.15, 0.2) is 48.0 Å². The summed E-state index contributed by atoms with van der Waals surface area (Å²) in [7, 11) is 0. The number of carbonyl (C=O) groups excluding carboxylic acids is 2. The van der Waals surface area contributed by atoms with Gasteiger partial charge in [0, 0.05) is 18.8 Å². The second kappa shape index (κ2) is 10.6. The fourth-order valence-corrected chi connectivity index (χ4v) is 5.05. The van der Waals surface area contributed by atoms with Gasteiger partial charge in [-0.25, -0.2) is 9.97 Å². The zero-order chi connectivity index (χ0) is 25.0. The van der Waals surface area contributed by atoms with Crippen LogP contribution in [0.25, 0.3) is 0 Å². The van der Waals surface area contributed by atoms with Crippen molar-refractivity contribution in [1.82, 2.24) is 14.9 Å². The van der Waals surface area contributed by atoms with E-state index in [2.05, 4.69) is 15.3 Å². The minimum atomic E-state index is -4.55. The lowest BCUT2D eigenvalue weighted by Crippen LogP contribution is -2.37. The molecule has 4 rings (SSSR count). The van der Waals surface area contributed by atoms with E-state index in [1.165, 1.54) is 23.5 Å². The maximum atomic E-state index is 12.8. The van der Waals surface area contributed by atoms with Crippen molar-refractivity contribution >= 4 is 28.8 Å². The van der Waals surface area contributed by atoms with Crippen molar-refractivity contribution in [3.63, 3.8) is 0 Å². The number of rotatable bonds is 6. The van der Waals surface area contributed by atoms with Gasteiger partial charge in [-0.1, -0.05) is 25.1 Å². The van der Waals surface area contributed by atoms with Crippen molar-refractivity contribution in [2.45, 2.75) is 44.7 Å². The van der Waals surface area contributed by atoms with E-state index in [1.54, 1.807) is 17.6 Å². The molecule has 0 aliphatic carbocycles. The highest BCUT2D eigenvalue weighted by Crippen LogP contribution is 2.30. The molecule has 35 heavy (non-hydrogen) atoms. The topological polar surface area (TPSA) is 75.2 Å². The SMILES string of the molecule is CCc1ncsc1C(=O)N1CCC(c2ccc(NC(=O)Cc3cccc(C(F)(F)F)n3)cc2)CC1. The molecule has 3 heterocycles. The molecule has 6 nitrogen and oxygen atoms in total. The molecule has 10 heteroatoms. The molecule has 2 aromatic heterocycles. The number of anilines is 1. The van der Waals surface area contributed by atoms with Gasteiger partial charge in [0.05, 0.1) is 23.3 Å². The average molecular weight is 503 g/mol. The van der Waals surface area contributed by atoms with E-state index >= 15 is 0 Å². The molecule has 0 unspecified atom stereocenters. The van der Waals surface area contributed by atoms with Gasteiger partial charge >= 0.3 is 6.18 Å². The van der Waals surface area contributed by atoms with Crippen molar-refractivity contribution in [2.24, 2.45) is 0 Å². The normalized spacial score (nSPS) is 14.7. The summed E-state index contributed by atoms with van der Waals surface area (Å²) in [5.74, 6) is -0.0766. The van der Waals surface area contributed by atoms with Gasteiger partial charge in [0.1, 0.15) is 10.6 Å². The van der Waals surface area contributed by atoms with Gasteiger partial charge in [-0.05, 0) is 55.0 Å². The first-order valence-corrected chi connectivity index (χ1v) is 12.3. The van der Waals surface area contributed by atoms with Crippen molar-refractivity contribution in [2.75, 3.05) is 18.4 Å². The number of amides is 2. The number of aromatic nitrogens is 2. The molecule has 1 aliphatic rings. The molecule has 0 saturated carbocycles. The molecule has 0 atom stereocenters. The number of hydrogen-bond acceptors (Lipinski definition) is 5. The van der Waals surface area contributed by atoms with Crippen LogP contribution in [0.2, 0.25) is 0 Å². The van der Waals surface area contributed by atoms with Gasteiger partial charge < -0.3 is 10.2 Å². The third-order valence-corrected chi connectivity index (χ3v) is 6.91. The second-order valence-corrected chi connectivity index (χ2v) is 9.26. The summed E-state index contributed by atoms with van der Waals surface area (Å²) >= 11 is 1.39. The number of benzene rings is 1. The van der Waals surface area contributed by atoms with E-state index in [-0.39, 0.29) is 18.0 Å². The molecule has 1 N–H and O–H groups in total. The van der Waals surface area contributed by atoms with Crippen LogP contribution in [-0.4, -0.2) is 39.8 Å².